The second-order valence-corrected chi connectivity index (χ2v) is 5.11. The van der Waals surface area contributed by atoms with E-state index in [0.717, 1.165) is 0 Å². The molecule has 0 radical (unpaired) electrons. The summed E-state index contributed by atoms with van der Waals surface area (Å²) in [6.45, 7) is 1.75. The minimum absolute atomic E-state index is 0.242. The standard InChI is InChI=1S/C12H20ClNO2/c13-5-7-16-8-6-14-12(15)11-9-3-1-2-4-10(9)11/h9-11H,1-8H2,(H,14,15). The van der Waals surface area contributed by atoms with Crippen LogP contribution in [-0.2, 0) is 9.53 Å². The van der Waals surface area contributed by atoms with Gasteiger partial charge in [0.25, 0.3) is 0 Å². The predicted molar refractivity (Wildman–Crippen MR) is 63.5 cm³/mol. The van der Waals surface area contributed by atoms with Crippen LogP contribution in [0, 0.1) is 17.8 Å². The van der Waals surface area contributed by atoms with Gasteiger partial charge in [-0.05, 0) is 24.7 Å². The summed E-state index contributed by atoms with van der Waals surface area (Å²) in [5, 5.41) is 2.95. The van der Waals surface area contributed by atoms with Gasteiger partial charge in [-0.2, -0.15) is 0 Å². The zero-order chi connectivity index (χ0) is 11.4. The number of hydrogen-bond donors (Lipinski definition) is 1. The first kappa shape index (κ1) is 12.2. The third-order valence-corrected chi connectivity index (χ3v) is 3.88. The van der Waals surface area contributed by atoms with Crippen LogP contribution in [0.25, 0.3) is 0 Å². The largest absolute Gasteiger partial charge is 0.378 e. The third-order valence-electron chi connectivity index (χ3n) is 3.73. The van der Waals surface area contributed by atoms with Crippen LogP contribution in [0.3, 0.4) is 0 Å². The van der Waals surface area contributed by atoms with Crippen molar-refractivity contribution in [1.29, 1.82) is 0 Å². The maximum absolute atomic E-state index is 11.8. The van der Waals surface area contributed by atoms with Gasteiger partial charge in [-0.1, -0.05) is 12.8 Å². The molecule has 0 heterocycles. The number of ether oxygens (including phenoxy) is 1. The summed E-state index contributed by atoms with van der Waals surface area (Å²) >= 11 is 5.47. The van der Waals surface area contributed by atoms with Crippen molar-refractivity contribution in [2.45, 2.75) is 25.7 Å². The second-order valence-electron chi connectivity index (χ2n) is 4.73. The first-order valence-corrected chi connectivity index (χ1v) is 6.79. The van der Waals surface area contributed by atoms with Crippen molar-refractivity contribution < 1.29 is 9.53 Å². The molecule has 0 bridgehead atoms. The molecule has 0 spiro atoms. The normalized spacial score (nSPS) is 31.9. The first-order chi connectivity index (χ1) is 7.84. The topological polar surface area (TPSA) is 38.3 Å². The molecular weight excluding hydrogens is 226 g/mol. The van der Waals surface area contributed by atoms with Crippen LogP contribution in [0.15, 0.2) is 0 Å². The van der Waals surface area contributed by atoms with E-state index >= 15 is 0 Å². The monoisotopic (exact) mass is 245 g/mol. The second kappa shape index (κ2) is 5.87. The van der Waals surface area contributed by atoms with E-state index in [1.807, 2.05) is 0 Å². The molecule has 16 heavy (non-hydrogen) atoms. The van der Waals surface area contributed by atoms with Crippen LogP contribution in [0.1, 0.15) is 25.7 Å². The number of hydrogen-bond acceptors (Lipinski definition) is 2. The highest BCUT2D eigenvalue weighted by Gasteiger charge is 2.54. The Hall–Kier alpha value is -0.280. The van der Waals surface area contributed by atoms with Gasteiger partial charge in [-0.15, -0.1) is 11.6 Å². The van der Waals surface area contributed by atoms with Crippen LogP contribution in [0.4, 0.5) is 0 Å². The van der Waals surface area contributed by atoms with Crippen molar-refractivity contribution in [3.05, 3.63) is 0 Å². The molecule has 2 fully saturated rings. The number of carbonyl (C=O) groups is 1. The van der Waals surface area contributed by atoms with Crippen LogP contribution in [-0.4, -0.2) is 31.5 Å². The molecule has 2 aliphatic carbocycles. The van der Waals surface area contributed by atoms with E-state index in [-0.39, 0.29) is 5.91 Å². The molecule has 2 saturated carbocycles. The molecule has 92 valence electrons. The molecule has 1 N–H and O–H groups in total. The third kappa shape index (κ3) is 2.89. The van der Waals surface area contributed by atoms with Crippen LogP contribution < -0.4 is 5.32 Å². The quantitative estimate of drug-likeness (QED) is 0.573. The molecule has 0 aromatic carbocycles. The molecule has 4 heteroatoms. The van der Waals surface area contributed by atoms with Gasteiger partial charge < -0.3 is 10.1 Å². The number of carbonyl (C=O) groups excluding carboxylic acids is 1. The molecule has 1 amide bonds. The first-order valence-electron chi connectivity index (χ1n) is 6.26. The van der Waals surface area contributed by atoms with Crippen molar-refractivity contribution in [1.82, 2.24) is 5.32 Å². The van der Waals surface area contributed by atoms with Gasteiger partial charge in [-0.25, -0.2) is 0 Å². The van der Waals surface area contributed by atoms with E-state index in [0.29, 0.717) is 43.4 Å². The van der Waals surface area contributed by atoms with Crippen LogP contribution in [0.5, 0.6) is 0 Å². The van der Waals surface area contributed by atoms with E-state index in [4.69, 9.17) is 16.3 Å². The van der Waals surface area contributed by atoms with E-state index in [2.05, 4.69) is 5.32 Å². The number of fused-ring (bicyclic) bond motifs is 1. The fourth-order valence-electron chi connectivity index (χ4n) is 2.90. The Labute approximate surface area is 102 Å². The minimum atomic E-state index is 0.242. The highest BCUT2D eigenvalue weighted by Crippen LogP contribution is 2.55. The summed E-state index contributed by atoms with van der Waals surface area (Å²) < 4.78 is 5.21. The molecule has 2 aliphatic rings. The smallest absolute Gasteiger partial charge is 0.223 e. The number of rotatable bonds is 6. The fraction of sp³-hybridized carbons (Fsp3) is 0.917. The van der Waals surface area contributed by atoms with Gasteiger partial charge >= 0.3 is 0 Å². The molecule has 3 nitrogen and oxygen atoms in total. The summed E-state index contributed by atoms with van der Waals surface area (Å²) in [5.41, 5.74) is 0. The maximum Gasteiger partial charge on any atom is 0.223 e. The molecule has 2 atom stereocenters. The minimum Gasteiger partial charge on any atom is -0.378 e. The highest BCUT2D eigenvalue weighted by atomic mass is 35.5. The Morgan fingerprint density at radius 3 is 2.56 bits per heavy atom. The lowest BCUT2D eigenvalue weighted by Crippen LogP contribution is -2.29. The van der Waals surface area contributed by atoms with Gasteiger partial charge in [0, 0.05) is 18.3 Å². The van der Waals surface area contributed by atoms with Crippen molar-refractivity contribution in [2.75, 3.05) is 25.6 Å². The van der Waals surface area contributed by atoms with Crippen LogP contribution in [0.2, 0.25) is 0 Å². The van der Waals surface area contributed by atoms with Gasteiger partial charge in [0.05, 0.1) is 13.2 Å². The zero-order valence-electron chi connectivity index (χ0n) is 9.58. The van der Waals surface area contributed by atoms with E-state index in [9.17, 15) is 4.79 Å². The maximum atomic E-state index is 11.8. The predicted octanol–water partition coefficient (Wildman–Crippen LogP) is 1.79. The highest BCUT2D eigenvalue weighted by molar-refractivity contribution is 6.17. The van der Waals surface area contributed by atoms with E-state index in [1.54, 1.807) is 0 Å². The molecular formula is C12H20ClNO2. The van der Waals surface area contributed by atoms with Gasteiger partial charge in [-0.3, -0.25) is 4.79 Å². The fourth-order valence-corrected chi connectivity index (χ4v) is 3.01. The van der Waals surface area contributed by atoms with Crippen molar-refractivity contribution in [2.24, 2.45) is 17.8 Å². The Kier molecular flexibility index (Phi) is 4.47. The van der Waals surface area contributed by atoms with E-state index < -0.39 is 0 Å². The molecule has 2 rings (SSSR count). The average molecular weight is 246 g/mol. The van der Waals surface area contributed by atoms with Crippen molar-refractivity contribution in [3.63, 3.8) is 0 Å². The summed E-state index contributed by atoms with van der Waals surface area (Å²) in [6.07, 6.45) is 5.13. The van der Waals surface area contributed by atoms with Crippen molar-refractivity contribution in [3.8, 4) is 0 Å². The SMILES string of the molecule is O=C(NCCOCCCl)C1C2CCCCC21. The molecule has 0 aromatic heterocycles. The number of alkyl halides is 1. The molecule has 2 unspecified atom stereocenters. The van der Waals surface area contributed by atoms with E-state index in [1.165, 1.54) is 25.7 Å². The lowest BCUT2D eigenvalue weighted by atomic mass is 10.0. The average Bonchev–Trinajstić information content (AvgIpc) is 3.02. The number of nitrogens with one attached hydrogen (secondary N) is 1. The van der Waals surface area contributed by atoms with Gasteiger partial charge in [0.2, 0.25) is 5.91 Å². The Bertz CT molecular complexity index is 235. The molecule has 0 aromatic rings. The van der Waals surface area contributed by atoms with Gasteiger partial charge in [0.15, 0.2) is 0 Å². The lowest BCUT2D eigenvalue weighted by molar-refractivity contribution is -0.123. The number of halogens is 1. The zero-order valence-corrected chi connectivity index (χ0v) is 10.3. The molecule has 0 aliphatic heterocycles. The van der Waals surface area contributed by atoms with Gasteiger partial charge in [0.1, 0.15) is 0 Å². The van der Waals surface area contributed by atoms with Crippen molar-refractivity contribution >= 4 is 17.5 Å². The summed E-state index contributed by atoms with van der Waals surface area (Å²) in [6, 6.07) is 0. The number of amides is 1. The Morgan fingerprint density at radius 1 is 1.25 bits per heavy atom. The van der Waals surface area contributed by atoms with Crippen LogP contribution >= 0.6 is 11.6 Å². The summed E-state index contributed by atoms with van der Waals surface area (Å²) in [5.74, 6) is 2.46. The Morgan fingerprint density at radius 2 is 1.94 bits per heavy atom. The summed E-state index contributed by atoms with van der Waals surface area (Å²) in [4.78, 5) is 11.8. The lowest BCUT2D eigenvalue weighted by Gasteiger charge is -2.04. The summed E-state index contributed by atoms with van der Waals surface area (Å²) in [7, 11) is 0. The molecule has 0 saturated heterocycles. The Balaban J connectivity index is 1.58.